The first kappa shape index (κ1) is 24.1. The van der Waals surface area contributed by atoms with Crippen LogP contribution in [0.5, 0.6) is 0 Å². The fourth-order valence-electron chi connectivity index (χ4n) is 3.52. The van der Waals surface area contributed by atoms with Gasteiger partial charge in [0.15, 0.2) is 5.96 Å². The van der Waals surface area contributed by atoms with Gasteiger partial charge in [-0.15, -0.1) is 11.3 Å². The van der Waals surface area contributed by atoms with Crippen molar-refractivity contribution in [2.75, 3.05) is 53.5 Å². The van der Waals surface area contributed by atoms with Crippen LogP contribution < -0.4 is 5.32 Å². The topological polar surface area (TPSA) is 74.2 Å². The summed E-state index contributed by atoms with van der Waals surface area (Å²) in [6, 6.07) is 3.64. The molecule has 29 heavy (non-hydrogen) atoms. The minimum atomic E-state index is -3.37. The summed E-state index contributed by atoms with van der Waals surface area (Å²) in [4.78, 5) is 7.61. The third-order valence-electron chi connectivity index (χ3n) is 5.38. The van der Waals surface area contributed by atoms with Gasteiger partial charge in [-0.1, -0.05) is 13.8 Å². The highest BCUT2D eigenvalue weighted by Gasteiger charge is 2.23. The van der Waals surface area contributed by atoms with E-state index < -0.39 is 10.0 Å². The van der Waals surface area contributed by atoms with Gasteiger partial charge in [0.05, 0.1) is 0 Å². The maximum atomic E-state index is 12.6. The Hall–Kier alpha value is -1.16. The number of hydrogen-bond acceptors (Lipinski definition) is 5. The molecular weight excluding hydrogens is 408 g/mol. The fraction of sp³-hybridized carbons (Fsp3) is 0.750. The summed E-state index contributed by atoms with van der Waals surface area (Å²) in [6.45, 7) is 8.17. The second-order valence-electron chi connectivity index (χ2n) is 7.30. The summed E-state index contributed by atoms with van der Waals surface area (Å²) in [7, 11) is 0.495. The quantitative estimate of drug-likeness (QED) is 0.444. The van der Waals surface area contributed by atoms with Crippen LogP contribution in [0.4, 0.5) is 0 Å². The van der Waals surface area contributed by atoms with Crippen LogP contribution in [0.2, 0.25) is 0 Å². The Bertz CT molecular complexity index is 739. The van der Waals surface area contributed by atoms with E-state index in [1.807, 2.05) is 19.9 Å². The lowest BCUT2D eigenvalue weighted by molar-refractivity contribution is 0.0625. The Labute approximate surface area is 180 Å². The zero-order chi connectivity index (χ0) is 21.3. The van der Waals surface area contributed by atoms with Crippen molar-refractivity contribution < 1.29 is 13.2 Å². The minimum Gasteiger partial charge on any atom is -0.381 e. The molecule has 9 heteroatoms. The molecule has 1 aliphatic rings. The number of guanidine groups is 1. The molecule has 0 atom stereocenters. The SMILES string of the molecule is CCN(CC)S(=O)(=O)c1ccc(CCNC(=NC)N(C)CCC2CCOCC2)s1. The van der Waals surface area contributed by atoms with E-state index in [9.17, 15) is 8.42 Å². The van der Waals surface area contributed by atoms with Crippen molar-refractivity contribution >= 4 is 27.3 Å². The van der Waals surface area contributed by atoms with Crippen LogP contribution in [0.1, 0.15) is 38.0 Å². The monoisotopic (exact) mass is 444 g/mol. The standard InChI is InChI=1S/C20H36N4O3S2/c1-5-24(6-2)29(25,26)19-8-7-18(28-19)9-13-22-20(21-3)23(4)14-10-17-11-15-27-16-12-17/h7-8,17H,5-6,9-16H2,1-4H3,(H,21,22). The maximum Gasteiger partial charge on any atom is 0.252 e. The van der Waals surface area contributed by atoms with Crippen molar-refractivity contribution in [2.45, 2.75) is 43.7 Å². The van der Waals surface area contributed by atoms with E-state index in [4.69, 9.17) is 4.74 Å². The highest BCUT2D eigenvalue weighted by atomic mass is 32.2. The molecular formula is C20H36N4O3S2. The van der Waals surface area contributed by atoms with Crippen LogP contribution in [0.15, 0.2) is 21.3 Å². The Balaban J connectivity index is 1.81. The first-order chi connectivity index (χ1) is 13.9. The minimum absolute atomic E-state index is 0.425. The highest BCUT2D eigenvalue weighted by molar-refractivity contribution is 7.91. The molecule has 1 aliphatic heterocycles. The zero-order valence-electron chi connectivity index (χ0n) is 18.2. The van der Waals surface area contributed by atoms with E-state index in [2.05, 4.69) is 22.3 Å². The van der Waals surface area contributed by atoms with Crippen LogP contribution >= 0.6 is 11.3 Å². The number of rotatable bonds is 10. The smallest absolute Gasteiger partial charge is 0.252 e. The van der Waals surface area contributed by atoms with Crippen LogP contribution in [0.3, 0.4) is 0 Å². The molecule has 166 valence electrons. The summed E-state index contributed by atoms with van der Waals surface area (Å²) >= 11 is 1.36. The molecule has 0 aliphatic carbocycles. The molecule has 1 aromatic heterocycles. The number of nitrogens with one attached hydrogen (secondary N) is 1. The normalized spacial score (nSPS) is 16.4. The van der Waals surface area contributed by atoms with Gasteiger partial charge >= 0.3 is 0 Å². The van der Waals surface area contributed by atoms with Gasteiger partial charge in [0, 0.05) is 58.4 Å². The van der Waals surface area contributed by atoms with Gasteiger partial charge in [-0.3, -0.25) is 4.99 Å². The Morgan fingerprint density at radius 2 is 1.97 bits per heavy atom. The number of aliphatic imine (C=N–C) groups is 1. The summed E-state index contributed by atoms with van der Waals surface area (Å²) in [6.07, 6.45) is 4.22. The molecule has 1 N–H and O–H groups in total. The average molecular weight is 445 g/mol. The lowest BCUT2D eigenvalue weighted by atomic mass is 9.96. The molecule has 0 saturated carbocycles. The van der Waals surface area contributed by atoms with Gasteiger partial charge in [-0.25, -0.2) is 8.42 Å². The van der Waals surface area contributed by atoms with Crippen molar-refractivity contribution in [3.8, 4) is 0 Å². The molecule has 1 aromatic rings. The van der Waals surface area contributed by atoms with E-state index in [0.717, 1.165) is 68.7 Å². The molecule has 2 rings (SSSR count). The van der Waals surface area contributed by atoms with Crippen LogP contribution in [0.25, 0.3) is 0 Å². The number of nitrogens with zero attached hydrogens (tertiary/aromatic N) is 3. The van der Waals surface area contributed by atoms with Gasteiger partial charge in [0.1, 0.15) is 4.21 Å². The van der Waals surface area contributed by atoms with Crippen molar-refractivity contribution in [2.24, 2.45) is 10.9 Å². The summed E-state index contributed by atoms with van der Waals surface area (Å²) < 4.78 is 32.6. The number of hydrogen-bond donors (Lipinski definition) is 1. The molecule has 2 heterocycles. The summed E-state index contributed by atoms with van der Waals surface area (Å²) in [5.74, 6) is 1.62. The molecule has 1 saturated heterocycles. The largest absolute Gasteiger partial charge is 0.381 e. The molecule has 0 unspecified atom stereocenters. The van der Waals surface area contributed by atoms with E-state index >= 15 is 0 Å². The van der Waals surface area contributed by atoms with Crippen LogP contribution in [-0.2, 0) is 21.2 Å². The zero-order valence-corrected chi connectivity index (χ0v) is 19.8. The van der Waals surface area contributed by atoms with Crippen LogP contribution in [0, 0.1) is 5.92 Å². The summed E-state index contributed by atoms with van der Waals surface area (Å²) in [5, 5.41) is 3.40. The molecule has 0 spiro atoms. The average Bonchev–Trinajstić information content (AvgIpc) is 3.21. The van der Waals surface area contributed by atoms with E-state index in [-0.39, 0.29) is 0 Å². The lowest BCUT2D eigenvalue weighted by Crippen LogP contribution is -2.40. The van der Waals surface area contributed by atoms with E-state index in [1.54, 1.807) is 13.1 Å². The Kier molecular flexibility index (Phi) is 9.88. The third-order valence-corrected chi connectivity index (χ3v) is 9.04. The van der Waals surface area contributed by atoms with E-state index in [0.29, 0.717) is 17.3 Å². The number of sulfonamides is 1. The van der Waals surface area contributed by atoms with Crippen molar-refractivity contribution in [3.05, 3.63) is 17.0 Å². The molecule has 0 bridgehead atoms. The molecule has 1 fully saturated rings. The molecule has 7 nitrogen and oxygen atoms in total. The number of thiophene rings is 1. The van der Waals surface area contributed by atoms with Crippen molar-refractivity contribution in [1.29, 1.82) is 0 Å². The van der Waals surface area contributed by atoms with Gasteiger partial charge in [0.2, 0.25) is 0 Å². The lowest BCUT2D eigenvalue weighted by Gasteiger charge is -2.26. The number of ether oxygens (including phenoxy) is 1. The molecule has 0 aromatic carbocycles. The third kappa shape index (κ3) is 6.94. The molecule has 0 radical (unpaired) electrons. The second kappa shape index (κ2) is 11.9. The first-order valence-electron chi connectivity index (χ1n) is 10.5. The first-order valence-corrected chi connectivity index (χ1v) is 12.8. The predicted octanol–water partition coefficient (Wildman–Crippen LogP) is 2.65. The Morgan fingerprint density at radius 1 is 1.28 bits per heavy atom. The maximum absolute atomic E-state index is 12.6. The summed E-state index contributed by atoms with van der Waals surface area (Å²) in [5.41, 5.74) is 0. The Morgan fingerprint density at radius 3 is 2.59 bits per heavy atom. The highest BCUT2D eigenvalue weighted by Crippen LogP contribution is 2.25. The van der Waals surface area contributed by atoms with Gasteiger partial charge in [-0.05, 0) is 43.7 Å². The van der Waals surface area contributed by atoms with Crippen molar-refractivity contribution in [1.82, 2.24) is 14.5 Å². The van der Waals surface area contributed by atoms with E-state index in [1.165, 1.54) is 15.6 Å². The molecule has 0 amide bonds. The van der Waals surface area contributed by atoms with Crippen LogP contribution in [-0.4, -0.2) is 77.1 Å². The fourth-order valence-corrected chi connectivity index (χ4v) is 6.49. The van der Waals surface area contributed by atoms with Gasteiger partial charge in [-0.2, -0.15) is 4.31 Å². The predicted molar refractivity (Wildman–Crippen MR) is 120 cm³/mol. The second-order valence-corrected chi connectivity index (χ2v) is 10.6. The van der Waals surface area contributed by atoms with Crippen molar-refractivity contribution in [3.63, 3.8) is 0 Å². The van der Waals surface area contributed by atoms with Gasteiger partial charge in [0.25, 0.3) is 10.0 Å². The van der Waals surface area contributed by atoms with Gasteiger partial charge < -0.3 is 15.0 Å².